The molecule has 0 atom stereocenters. The molecule has 2 aromatic heterocycles. The van der Waals surface area contributed by atoms with Crippen LogP contribution in [0.2, 0.25) is 51.4 Å². The Kier molecular flexibility index (Phi) is 15.4. The number of rotatable bonds is 16. The van der Waals surface area contributed by atoms with Crippen LogP contribution in [-0.2, 0) is 0 Å². The van der Waals surface area contributed by atoms with Gasteiger partial charge in [-0.1, -0.05) is 71.1 Å². The first-order chi connectivity index (χ1) is 23.6. The number of hydrogen-bond donors (Lipinski definition) is 4. The van der Waals surface area contributed by atoms with E-state index in [1.165, 1.54) is 0 Å². The molecule has 4 N–H and O–H groups in total. The van der Waals surface area contributed by atoms with Gasteiger partial charge in [0, 0.05) is 50.6 Å². The quantitative estimate of drug-likeness (QED) is 0.0629. The average Bonchev–Trinajstić information content (AvgIpc) is 3.05. The second-order valence-electron chi connectivity index (χ2n) is 13.5. The van der Waals surface area contributed by atoms with Crippen molar-refractivity contribution in [3.8, 4) is 11.8 Å². The van der Waals surface area contributed by atoms with Gasteiger partial charge in [-0.2, -0.15) is 19.9 Å². The highest BCUT2D eigenvalue weighted by atomic mass is 79.9. The van der Waals surface area contributed by atoms with Crippen molar-refractivity contribution >= 4 is 95.5 Å². The van der Waals surface area contributed by atoms with Gasteiger partial charge in [-0.05, 0) is 60.6 Å². The smallest absolute Gasteiger partial charge is 0.231 e. The van der Waals surface area contributed by atoms with Crippen LogP contribution in [0.3, 0.4) is 0 Å². The third kappa shape index (κ3) is 13.5. The SMILES string of the molecule is CNc1nc(Nc2ccc(Br)cc2)c(C=O)c(OCC[Si](C)(C)C)n1.CNc1nc(Nc2ccc(Br)cc2)c(C=O)c(OCC[Si](C)(C)C)n1. The zero-order valence-corrected chi connectivity index (χ0v) is 35.0. The van der Waals surface area contributed by atoms with E-state index in [1.807, 2.05) is 48.5 Å². The van der Waals surface area contributed by atoms with Gasteiger partial charge < -0.3 is 30.7 Å². The summed E-state index contributed by atoms with van der Waals surface area (Å²) < 4.78 is 13.6. The zero-order valence-electron chi connectivity index (χ0n) is 29.8. The Labute approximate surface area is 313 Å². The van der Waals surface area contributed by atoms with Crippen molar-refractivity contribution in [1.82, 2.24) is 19.9 Å². The highest BCUT2D eigenvalue weighted by molar-refractivity contribution is 9.10. The summed E-state index contributed by atoms with van der Waals surface area (Å²) in [5, 5.41) is 12.1. The number of carbonyl (C=O) groups is 2. The summed E-state index contributed by atoms with van der Waals surface area (Å²) in [5.74, 6) is 2.22. The summed E-state index contributed by atoms with van der Waals surface area (Å²) in [5.41, 5.74) is 2.27. The molecule has 0 fully saturated rings. The van der Waals surface area contributed by atoms with Gasteiger partial charge in [0.1, 0.15) is 11.1 Å². The van der Waals surface area contributed by atoms with Crippen molar-refractivity contribution in [2.45, 2.75) is 51.4 Å². The zero-order chi connectivity index (χ0) is 36.9. The molecule has 50 heavy (non-hydrogen) atoms. The third-order valence-electron chi connectivity index (χ3n) is 6.90. The molecule has 12 nitrogen and oxygen atoms in total. The Morgan fingerprint density at radius 2 is 0.940 bits per heavy atom. The van der Waals surface area contributed by atoms with E-state index in [1.54, 1.807) is 14.1 Å². The summed E-state index contributed by atoms with van der Waals surface area (Å²) in [6.45, 7) is 14.7. The highest BCUT2D eigenvalue weighted by Crippen LogP contribution is 2.29. The van der Waals surface area contributed by atoms with Crippen molar-refractivity contribution in [1.29, 1.82) is 0 Å². The normalized spacial score (nSPS) is 11.1. The fourth-order valence-corrected chi connectivity index (χ4v) is 5.95. The number of ether oxygens (including phenoxy) is 2. The molecule has 16 heteroatoms. The van der Waals surface area contributed by atoms with Crippen molar-refractivity contribution in [3.63, 3.8) is 0 Å². The molecule has 0 saturated heterocycles. The largest absolute Gasteiger partial charge is 0.477 e. The Hall–Kier alpha value is -3.87. The maximum atomic E-state index is 11.6. The number of nitrogens with zero attached hydrogens (tertiary/aromatic N) is 4. The molecule has 0 unspecified atom stereocenters. The van der Waals surface area contributed by atoms with Crippen LogP contribution < -0.4 is 30.7 Å². The lowest BCUT2D eigenvalue weighted by Crippen LogP contribution is -2.23. The van der Waals surface area contributed by atoms with E-state index >= 15 is 0 Å². The number of anilines is 6. The minimum absolute atomic E-state index is 0.298. The van der Waals surface area contributed by atoms with Gasteiger partial charge in [0.15, 0.2) is 24.2 Å². The van der Waals surface area contributed by atoms with Crippen LogP contribution in [0.5, 0.6) is 11.8 Å². The molecule has 0 spiro atoms. The lowest BCUT2D eigenvalue weighted by atomic mass is 10.3. The molecular formula is C34H46Br2N8O4Si2. The molecule has 0 bridgehead atoms. The Bertz CT molecular complexity index is 1590. The van der Waals surface area contributed by atoms with Gasteiger partial charge in [-0.25, -0.2) is 0 Å². The molecule has 0 radical (unpaired) electrons. The van der Waals surface area contributed by atoms with Crippen LogP contribution in [0.15, 0.2) is 57.5 Å². The molecule has 0 amide bonds. The molecule has 0 aliphatic carbocycles. The standard InChI is InChI=1S/2C17H23BrN4O2Si/c2*1-19-17-21-15(20-13-7-5-12(18)6-8-13)14(11-23)16(22-17)24-9-10-25(2,3)4/h2*5-8,11H,9-10H2,1-4H3,(H2,19,20,21,22). The maximum Gasteiger partial charge on any atom is 0.231 e. The predicted octanol–water partition coefficient (Wildman–Crippen LogP) is 9.11. The molecular weight excluding hydrogens is 800 g/mol. The molecule has 0 aliphatic rings. The lowest BCUT2D eigenvalue weighted by Gasteiger charge is -2.17. The first-order valence-corrected chi connectivity index (χ1v) is 25.1. The fraction of sp³-hybridized carbons (Fsp3) is 0.353. The van der Waals surface area contributed by atoms with E-state index in [9.17, 15) is 9.59 Å². The molecule has 0 saturated carbocycles. The lowest BCUT2D eigenvalue weighted by molar-refractivity contribution is 0.111. The Morgan fingerprint density at radius 3 is 1.22 bits per heavy atom. The maximum absolute atomic E-state index is 11.6. The number of hydrogen-bond acceptors (Lipinski definition) is 12. The van der Waals surface area contributed by atoms with Crippen molar-refractivity contribution < 1.29 is 19.1 Å². The second kappa shape index (κ2) is 18.9. The topological polar surface area (TPSA) is 152 Å². The van der Waals surface area contributed by atoms with Gasteiger partial charge in [0.25, 0.3) is 0 Å². The van der Waals surface area contributed by atoms with E-state index in [0.29, 0.717) is 59.6 Å². The monoisotopic (exact) mass is 844 g/mol. The molecule has 4 aromatic rings. The molecule has 0 aliphatic heterocycles. The van der Waals surface area contributed by atoms with Crippen molar-refractivity contribution in [3.05, 3.63) is 68.6 Å². The van der Waals surface area contributed by atoms with E-state index in [-0.39, 0.29) is 0 Å². The summed E-state index contributed by atoms with van der Waals surface area (Å²) in [7, 11) is 0.989. The number of carbonyl (C=O) groups excluding carboxylic acids is 2. The van der Waals surface area contributed by atoms with Gasteiger partial charge in [-0.15, -0.1) is 0 Å². The average molecular weight is 847 g/mol. The first kappa shape index (κ1) is 40.6. The third-order valence-corrected chi connectivity index (χ3v) is 11.4. The van der Waals surface area contributed by atoms with Crippen LogP contribution in [0.25, 0.3) is 0 Å². The molecule has 4 rings (SSSR count). The van der Waals surface area contributed by atoms with Gasteiger partial charge in [-0.3, -0.25) is 9.59 Å². The van der Waals surface area contributed by atoms with E-state index in [4.69, 9.17) is 9.47 Å². The number of nitrogens with one attached hydrogen (secondary N) is 4. The van der Waals surface area contributed by atoms with Crippen LogP contribution >= 0.6 is 31.9 Å². The van der Waals surface area contributed by atoms with Gasteiger partial charge in [0.05, 0.1) is 13.2 Å². The number of halogens is 2. The number of benzene rings is 2. The van der Waals surface area contributed by atoms with Gasteiger partial charge >= 0.3 is 0 Å². The van der Waals surface area contributed by atoms with Crippen LogP contribution in [-0.4, -0.2) is 76.0 Å². The van der Waals surface area contributed by atoms with E-state index < -0.39 is 16.1 Å². The minimum atomic E-state index is -1.23. The molecule has 268 valence electrons. The predicted molar refractivity (Wildman–Crippen MR) is 216 cm³/mol. The summed E-state index contributed by atoms with van der Waals surface area (Å²) in [6, 6.07) is 17.2. The van der Waals surface area contributed by atoms with Gasteiger partial charge in [0.2, 0.25) is 23.7 Å². The summed E-state index contributed by atoms with van der Waals surface area (Å²) >= 11 is 6.80. The molecule has 2 aromatic carbocycles. The summed E-state index contributed by atoms with van der Waals surface area (Å²) in [6.07, 6.45) is 1.45. The Morgan fingerprint density at radius 1 is 0.600 bits per heavy atom. The van der Waals surface area contributed by atoms with Crippen molar-refractivity contribution in [2.75, 3.05) is 48.6 Å². The van der Waals surface area contributed by atoms with Crippen LogP contribution in [0, 0.1) is 0 Å². The minimum Gasteiger partial charge on any atom is -0.477 e. The summed E-state index contributed by atoms with van der Waals surface area (Å²) in [4.78, 5) is 40.5. The second-order valence-corrected chi connectivity index (χ2v) is 26.6. The van der Waals surface area contributed by atoms with E-state index in [0.717, 1.165) is 45.0 Å². The fourth-order valence-electron chi connectivity index (χ4n) is 3.99. The molecule has 2 heterocycles. The van der Waals surface area contributed by atoms with Crippen LogP contribution in [0.4, 0.5) is 34.9 Å². The van der Waals surface area contributed by atoms with Crippen molar-refractivity contribution in [2.24, 2.45) is 0 Å². The number of aromatic nitrogens is 4. The number of aldehydes is 2. The highest BCUT2D eigenvalue weighted by Gasteiger charge is 2.19. The Balaban J connectivity index is 0.000000270. The van der Waals surface area contributed by atoms with E-state index in [2.05, 4.69) is 112 Å². The first-order valence-electron chi connectivity index (χ1n) is 16.1. The van der Waals surface area contributed by atoms with Crippen LogP contribution in [0.1, 0.15) is 20.7 Å².